The quantitative estimate of drug-likeness (QED) is 0.297. The van der Waals surface area contributed by atoms with Gasteiger partial charge in [-0.15, -0.1) is 11.8 Å². The van der Waals surface area contributed by atoms with Crippen molar-refractivity contribution >= 4 is 17.6 Å². The van der Waals surface area contributed by atoms with E-state index in [-0.39, 0.29) is 5.84 Å². The van der Waals surface area contributed by atoms with E-state index in [1.165, 1.54) is 4.90 Å². The third-order valence-electron chi connectivity index (χ3n) is 1.78. The first kappa shape index (κ1) is 11.1. The van der Waals surface area contributed by atoms with Crippen LogP contribution in [-0.4, -0.2) is 18.1 Å². The van der Waals surface area contributed by atoms with Crippen LogP contribution >= 0.6 is 11.8 Å². The number of nitrogens with one attached hydrogen (secondary N) is 1. The standard InChI is InChI=1S/C10H15N3S/c11-6-1-7-14-9-4-2-8(3-5-9)10(12)13/h2-5H,1,6-7,11H2,(H3,12,13). The molecule has 0 saturated heterocycles. The number of nitrogen functional groups attached to an aromatic ring is 1. The third kappa shape index (κ3) is 3.40. The molecule has 0 fully saturated rings. The van der Waals surface area contributed by atoms with Gasteiger partial charge in [0.1, 0.15) is 5.84 Å². The zero-order chi connectivity index (χ0) is 10.4. The van der Waals surface area contributed by atoms with E-state index < -0.39 is 0 Å². The second-order valence-electron chi connectivity index (χ2n) is 2.93. The van der Waals surface area contributed by atoms with Crippen LogP contribution in [0.2, 0.25) is 0 Å². The van der Waals surface area contributed by atoms with E-state index in [1.807, 2.05) is 24.3 Å². The summed E-state index contributed by atoms with van der Waals surface area (Å²) in [4.78, 5) is 1.20. The predicted octanol–water partition coefficient (Wildman–Crippen LogP) is 1.41. The molecule has 5 N–H and O–H groups in total. The second kappa shape index (κ2) is 5.67. The highest BCUT2D eigenvalue weighted by molar-refractivity contribution is 7.99. The third-order valence-corrected chi connectivity index (χ3v) is 2.88. The van der Waals surface area contributed by atoms with Gasteiger partial charge in [0.15, 0.2) is 0 Å². The van der Waals surface area contributed by atoms with Crippen LogP contribution < -0.4 is 11.5 Å². The van der Waals surface area contributed by atoms with Gasteiger partial charge in [-0.3, -0.25) is 5.41 Å². The summed E-state index contributed by atoms with van der Waals surface area (Å²) >= 11 is 1.77. The maximum atomic E-state index is 7.23. The molecule has 0 radical (unpaired) electrons. The molecule has 14 heavy (non-hydrogen) atoms. The Morgan fingerprint density at radius 2 is 1.93 bits per heavy atom. The summed E-state index contributed by atoms with van der Waals surface area (Å²) in [6, 6.07) is 7.70. The highest BCUT2D eigenvalue weighted by atomic mass is 32.2. The molecule has 4 heteroatoms. The van der Waals surface area contributed by atoms with Crippen LogP contribution in [0.15, 0.2) is 29.2 Å². The molecule has 1 rings (SSSR count). The molecule has 0 bridgehead atoms. The first-order valence-corrected chi connectivity index (χ1v) is 5.50. The van der Waals surface area contributed by atoms with Crippen LogP contribution in [0.1, 0.15) is 12.0 Å². The lowest BCUT2D eigenvalue weighted by molar-refractivity contribution is 0.943. The molecule has 0 heterocycles. The zero-order valence-electron chi connectivity index (χ0n) is 7.99. The fourth-order valence-corrected chi connectivity index (χ4v) is 1.88. The SMILES string of the molecule is N=C(N)c1ccc(SCCCN)cc1. The largest absolute Gasteiger partial charge is 0.384 e. The van der Waals surface area contributed by atoms with Gasteiger partial charge in [0.2, 0.25) is 0 Å². The minimum Gasteiger partial charge on any atom is -0.384 e. The molecule has 76 valence electrons. The number of hydrogen-bond donors (Lipinski definition) is 3. The zero-order valence-corrected chi connectivity index (χ0v) is 8.81. The Kier molecular flexibility index (Phi) is 4.49. The van der Waals surface area contributed by atoms with E-state index in [2.05, 4.69) is 0 Å². The number of amidine groups is 1. The van der Waals surface area contributed by atoms with Crippen molar-refractivity contribution in [1.82, 2.24) is 0 Å². The van der Waals surface area contributed by atoms with Gasteiger partial charge in [-0.2, -0.15) is 0 Å². The maximum Gasteiger partial charge on any atom is 0.122 e. The van der Waals surface area contributed by atoms with Crippen LogP contribution in [0.4, 0.5) is 0 Å². The highest BCUT2D eigenvalue weighted by Gasteiger charge is 1.96. The van der Waals surface area contributed by atoms with Gasteiger partial charge in [0, 0.05) is 10.5 Å². The normalized spacial score (nSPS) is 10.1. The van der Waals surface area contributed by atoms with Crippen LogP contribution in [0.25, 0.3) is 0 Å². The highest BCUT2D eigenvalue weighted by Crippen LogP contribution is 2.18. The molecule has 0 aliphatic carbocycles. The monoisotopic (exact) mass is 209 g/mol. The molecule has 0 aliphatic rings. The van der Waals surface area contributed by atoms with E-state index in [9.17, 15) is 0 Å². The Balaban J connectivity index is 2.51. The van der Waals surface area contributed by atoms with Crippen LogP contribution in [0.3, 0.4) is 0 Å². The Hall–Kier alpha value is -1.00. The smallest absolute Gasteiger partial charge is 0.122 e. The molecular formula is C10H15N3S. The van der Waals surface area contributed by atoms with Crippen molar-refractivity contribution in [2.75, 3.05) is 12.3 Å². The Morgan fingerprint density at radius 3 is 2.43 bits per heavy atom. The molecule has 3 nitrogen and oxygen atoms in total. The van der Waals surface area contributed by atoms with E-state index in [0.29, 0.717) is 0 Å². The maximum absolute atomic E-state index is 7.23. The Labute approximate surface area is 88.4 Å². The van der Waals surface area contributed by atoms with Crippen molar-refractivity contribution in [3.05, 3.63) is 29.8 Å². The lowest BCUT2D eigenvalue weighted by Gasteiger charge is -2.02. The average Bonchev–Trinajstić information content (AvgIpc) is 2.19. The first-order chi connectivity index (χ1) is 6.74. The van der Waals surface area contributed by atoms with Crippen LogP contribution in [0, 0.1) is 5.41 Å². The van der Waals surface area contributed by atoms with Crippen molar-refractivity contribution in [3.63, 3.8) is 0 Å². The molecule has 0 saturated carbocycles. The van der Waals surface area contributed by atoms with Gasteiger partial charge < -0.3 is 11.5 Å². The van der Waals surface area contributed by atoms with Crippen molar-refractivity contribution < 1.29 is 0 Å². The number of nitrogens with two attached hydrogens (primary N) is 2. The van der Waals surface area contributed by atoms with Gasteiger partial charge in [-0.05, 0) is 30.9 Å². The van der Waals surface area contributed by atoms with Crippen molar-refractivity contribution in [2.45, 2.75) is 11.3 Å². The summed E-state index contributed by atoms with van der Waals surface area (Å²) in [5.74, 6) is 1.15. The Bertz CT molecular complexity index is 295. The fourth-order valence-electron chi connectivity index (χ4n) is 1.00. The van der Waals surface area contributed by atoms with E-state index in [4.69, 9.17) is 16.9 Å². The van der Waals surface area contributed by atoms with Crippen LogP contribution in [0.5, 0.6) is 0 Å². The minimum absolute atomic E-state index is 0.114. The molecule has 0 spiro atoms. The Morgan fingerprint density at radius 1 is 1.29 bits per heavy atom. The van der Waals surface area contributed by atoms with E-state index in [0.717, 1.165) is 24.3 Å². The predicted molar refractivity (Wildman–Crippen MR) is 61.9 cm³/mol. The number of benzene rings is 1. The summed E-state index contributed by atoms with van der Waals surface area (Å²) in [5.41, 5.74) is 11.5. The number of hydrogen-bond acceptors (Lipinski definition) is 3. The number of thioether (sulfide) groups is 1. The number of rotatable bonds is 5. The minimum atomic E-state index is 0.114. The topological polar surface area (TPSA) is 75.9 Å². The van der Waals surface area contributed by atoms with Gasteiger partial charge in [0.05, 0.1) is 0 Å². The summed E-state index contributed by atoms with van der Waals surface area (Å²) in [5, 5.41) is 7.23. The summed E-state index contributed by atoms with van der Waals surface area (Å²) in [7, 11) is 0. The second-order valence-corrected chi connectivity index (χ2v) is 4.10. The molecule has 1 aromatic carbocycles. The van der Waals surface area contributed by atoms with Gasteiger partial charge in [-0.25, -0.2) is 0 Å². The van der Waals surface area contributed by atoms with Gasteiger partial charge in [0.25, 0.3) is 0 Å². The molecule has 0 atom stereocenters. The molecule has 0 aliphatic heterocycles. The van der Waals surface area contributed by atoms with E-state index in [1.54, 1.807) is 11.8 Å². The summed E-state index contributed by atoms with van der Waals surface area (Å²) < 4.78 is 0. The van der Waals surface area contributed by atoms with E-state index >= 15 is 0 Å². The van der Waals surface area contributed by atoms with Gasteiger partial charge in [-0.1, -0.05) is 12.1 Å². The summed E-state index contributed by atoms with van der Waals surface area (Å²) in [6.07, 6.45) is 1.03. The van der Waals surface area contributed by atoms with Crippen molar-refractivity contribution in [2.24, 2.45) is 11.5 Å². The van der Waals surface area contributed by atoms with Gasteiger partial charge >= 0.3 is 0 Å². The molecule has 1 aromatic rings. The molecule has 0 aromatic heterocycles. The van der Waals surface area contributed by atoms with Crippen molar-refractivity contribution in [1.29, 1.82) is 5.41 Å². The fraction of sp³-hybridized carbons (Fsp3) is 0.300. The van der Waals surface area contributed by atoms with Crippen molar-refractivity contribution in [3.8, 4) is 0 Å². The lowest BCUT2D eigenvalue weighted by Crippen LogP contribution is -2.10. The molecule has 0 amide bonds. The average molecular weight is 209 g/mol. The summed E-state index contributed by atoms with van der Waals surface area (Å²) in [6.45, 7) is 0.735. The first-order valence-electron chi connectivity index (χ1n) is 4.51. The molecule has 0 unspecified atom stereocenters. The lowest BCUT2D eigenvalue weighted by atomic mass is 10.2. The van der Waals surface area contributed by atoms with Crippen LogP contribution in [-0.2, 0) is 0 Å². The molecular weight excluding hydrogens is 194 g/mol.